The van der Waals surface area contributed by atoms with Gasteiger partial charge in [0.15, 0.2) is 0 Å². The normalized spacial score (nSPS) is 14.0. The molecule has 1 saturated heterocycles. The van der Waals surface area contributed by atoms with Crippen LogP contribution in [0.25, 0.3) is 0 Å². The molecule has 6 nitrogen and oxygen atoms in total. The molecule has 4 rings (SSSR count). The summed E-state index contributed by atoms with van der Waals surface area (Å²) in [5.74, 6) is 1.57. The van der Waals surface area contributed by atoms with Gasteiger partial charge >= 0.3 is 12.1 Å². The molecule has 0 radical (unpaired) electrons. The van der Waals surface area contributed by atoms with Gasteiger partial charge in [0.1, 0.15) is 17.3 Å². The maximum atomic E-state index is 13.1. The first-order chi connectivity index (χ1) is 14.0. The van der Waals surface area contributed by atoms with Gasteiger partial charge in [-0.2, -0.15) is 0 Å². The molecule has 4 amide bonds. The van der Waals surface area contributed by atoms with Crippen LogP contribution >= 0.6 is 0 Å². The summed E-state index contributed by atoms with van der Waals surface area (Å²) in [5, 5.41) is 2.65. The Kier molecular flexibility index (Phi) is 4.75. The van der Waals surface area contributed by atoms with Crippen LogP contribution in [0, 0.1) is 6.92 Å². The third-order valence-corrected chi connectivity index (χ3v) is 4.51. The van der Waals surface area contributed by atoms with E-state index in [-0.39, 0.29) is 5.82 Å². The summed E-state index contributed by atoms with van der Waals surface area (Å²) >= 11 is 0. The second-order valence-electron chi connectivity index (χ2n) is 6.53. The Morgan fingerprint density at radius 3 is 2.14 bits per heavy atom. The van der Waals surface area contributed by atoms with Gasteiger partial charge in [-0.05, 0) is 55.0 Å². The number of para-hydroxylation sites is 2. The van der Waals surface area contributed by atoms with Gasteiger partial charge in [0.2, 0.25) is 0 Å². The SMILES string of the molecule is C=C1NC(=O)N(c2ccc(Oc3ccccc3)c(C)c2)C(=O)N1c1ccccc1. The maximum Gasteiger partial charge on any atom is 0.343 e. The Labute approximate surface area is 168 Å². The number of hydrogen-bond acceptors (Lipinski definition) is 3. The zero-order chi connectivity index (χ0) is 20.4. The van der Waals surface area contributed by atoms with Crippen LogP contribution in [-0.4, -0.2) is 12.1 Å². The number of hydrogen-bond donors (Lipinski definition) is 1. The van der Waals surface area contributed by atoms with Crippen LogP contribution in [0.15, 0.2) is 91.3 Å². The lowest BCUT2D eigenvalue weighted by molar-refractivity contribution is 0.235. The van der Waals surface area contributed by atoms with E-state index in [1.165, 1.54) is 4.90 Å². The number of carbonyl (C=O) groups is 2. The highest BCUT2D eigenvalue weighted by molar-refractivity contribution is 6.22. The summed E-state index contributed by atoms with van der Waals surface area (Å²) in [5.41, 5.74) is 1.86. The monoisotopic (exact) mass is 385 g/mol. The molecule has 1 aliphatic rings. The van der Waals surface area contributed by atoms with E-state index in [0.29, 0.717) is 22.9 Å². The molecule has 6 heteroatoms. The highest BCUT2D eigenvalue weighted by Crippen LogP contribution is 2.31. The van der Waals surface area contributed by atoms with E-state index >= 15 is 0 Å². The Bertz CT molecular complexity index is 1080. The molecule has 1 heterocycles. The molecule has 0 bridgehead atoms. The Balaban J connectivity index is 1.64. The van der Waals surface area contributed by atoms with E-state index in [1.54, 1.807) is 30.3 Å². The van der Waals surface area contributed by atoms with Crippen molar-refractivity contribution in [2.75, 3.05) is 9.80 Å². The van der Waals surface area contributed by atoms with Gasteiger partial charge in [0.25, 0.3) is 0 Å². The Hall–Kier alpha value is -4.06. The molecule has 29 heavy (non-hydrogen) atoms. The fourth-order valence-electron chi connectivity index (χ4n) is 3.11. The molecular weight excluding hydrogens is 366 g/mol. The van der Waals surface area contributed by atoms with Gasteiger partial charge in [-0.15, -0.1) is 0 Å². The molecule has 0 aromatic heterocycles. The average molecular weight is 385 g/mol. The van der Waals surface area contributed by atoms with Crippen LogP contribution in [0.5, 0.6) is 11.5 Å². The number of carbonyl (C=O) groups excluding carboxylic acids is 2. The summed E-state index contributed by atoms with van der Waals surface area (Å²) in [6.07, 6.45) is 0. The minimum Gasteiger partial charge on any atom is -0.457 e. The number of rotatable bonds is 4. The van der Waals surface area contributed by atoms with Gasteiger partial charge in [0.05, 0.1) is 11.4 Å². The third kappa shape index (κ3) is 3.55. The van der Waals surface area contributed by atoms with Gasteiger partial charge in [-0.3, -0.25) is 5.32 Å². The van der Waals surface area contributed by atoms with E-state index in [9.17, 15) is 9.59 Å². The van der Waals surface area contributed by atoms with Gasteiger partial charge in [-0.25, -0.2) is 19.4 Å². The number of nitrogens with zero attached hydrogens (tertiary/aromatic N) is 2. The molecular formula is C23H19N3O3. The molecule has 1 aliphatic heterocycles. The molecule has 3 aromatic carbocycles. The van der Waals surface area contributed by atoms with Crippen molar-refractivity contribution in [3.63, 3.8) is 0 Å². The minimum absolute atomic E-state index is 0.211. The number of urea groups is 2. The van der Waals surface area contributed by atoms with Gasteiger partial charge < -0.3 is 4.74 Å². The summed E-state index contributed by atoms with van der Waals surface area (Å²) in [7, 11) is 0. The zero-order valence-electron chi connectivity index (χ0n) is 15.8. The van der Waals surface area contributed by atoms with Crippen LogP contribution in [0.2, 0.25) is 0 Å². The highest BCUT2D eigenvalue weighted by atomic mass is 16.5. The number of imide groups is 1. The first kappa shape index (κ1) is 18.3. The number of amides is 4. The lowest BCUT2D eigenvalue weighted by Gasteiger charge is -2.36. The predicted octanol–water partition coefficient (Wildman–Crippen LogP) is 5.41. The molecule has 3 aromatic rings. The smallest absolute Gasteiger partial charge is 0.343 e. The lowest BCUT2D eigenvalue weighted by atomic mass is 10.2. The number of ether oxygens (including phenoxy) is 1. The van der Waals surface area contributed by atoms with Crippen molar-refractivity contribution in [1.82, 2.24) is 5.32 Å². The third-order valence-electron chi connectivity index (χ3n) is 4.51. The van der Waals surface area contributed by atoms with E-state index in [4.69, 9.17) is 4.74 Å². The number of nitrogens with one attached hydrogen (secondary N) is 1. The highest BCUT2D eigenvalue weighted by Gasteiger charge is 2.36. The number of aryl methyl sites for hydroxylation is 1. The second kappa shape index (κ2) is 7.52. The predicted molar refractivity (Wildman–Crippen MR) is 112 cm³/mol. The first-order valence-corrected chi connectivity index (χ1v) is 9.07. The topological polar surface area (TPSA) is 61.9 Å². The van der Waals surface area contributed by atoms with Crippen molar-refractivity contribution in [3.8, 4) is 11.5 Å². The molecule has 0 spiro atoms. The Morgan fingerprint density at radius 1 is 0.828 bits per heavy atom. The lowest BCUT2D eigenvalue weighted by Crippen LogP contribution is -2.58. The van der Waals surface area contributed by atoms with Crippen LogP contribution in [0.4, 0.5) is 21.0 Å². The minimum atomic E-state index is -0.552. The fourth-order valence-corrected chi connectivity index (χ4v) is 3.11. The molecule has 1 fully saturated rings. The van der Waals surface area contributed by atoms with E-state index in [1.807, 2.05) is 55.5 Å². The van der Waals surface area contributed by atoms with Crippen molar-refractivity contribution in [1.29, 1.82) is 0 Å². The molecule has 0 saturated carbocycles. The van der Waals surface area contributed by atoms with Crippen molar-refractivity contribution >= 4 is 23.4 Å². The molecule has 0 unspecified atom stereocenters. The standard InChI is InChI=1S/C23H19N3O3/c1-16-15-19(13-14-21(16)29-20-11-7-4-8-12-20)26-22(27)24-17(2)25(23(26)28)18-9-5-3-6-10-18/h3-15H,2H2,1H3,(H,24,27). The first-order valence-electron chi connectivity index (χ1n) is 9.07. The molecule has 0 atom stereocenters. The van der Waals surface area contributed by atoms with Crippen LogP contribution in [-0.2, 0) is 0 Å². The fraction of sp³-hybridized carbons (Fsp3) is 0.0435. The van der Waals surface area contributed by atoms with Gasteiger partial charge in [-0.1, -0.05) is 43.0 Å². The second-order valence-corrected chi connectivity index (χ2v) is 6.53. The van der Waals surface area contributed by atoms with Crippen molar-refractivity contribution in [2.24, 2.45) is 0 Å². The summed E-state index contributed by atoms with van der Waals surface area (Å²) < 4.78 is 5.88. The molecule has 1 N–H and O–H groups in total. The summed E-state index contributed by atoms with van der Waals surface area (Å²) in [6.45, 7) is 5.67. The van der Waals surface area contributed by atoms with Crippen molar-refractivity contribution in [2.45, 2.75) is 6.92 Å². The average Bonchev–Trinajstić information content (AvgIpc) is 2.71. The van der Waals surface area contributed by atoms with Crippen LogP contribution in [0.1, 0.15) is 5.56 Å². The molecule has 144 valence electrons. The van der Waals surface area contributed by atoms with Crippen molar-refractivity contribution < 1.29 is 14.3 Å². The maximum absolute atomic E-state index is 13.1. The number of benzene rings is 3. The van der Waals surface area contributed by atoms with E-state index in [0.717, 1.165) is 10.5 Å². The van der Waals surface area contributed by atoms with E-state index < -0.39 is 12.1 Å². The zero-order valence-corrected chi connectivity index (χ0v) is 15.8. The van der Waals surface area contributed by atoms with Crippen molar-refractivity contribution in [3.05, 3.63) is 96.8 Å². The van der Waals surface area contributed by atoms with Gasteiger partial charge in [0, 0.05) is 0 Å². The van der Waals surface area contributed by atoms with Crippen LogP contribution in [0.3, 0.4) is 0 Å². The quantitative estimate of drug-likeness (QED) is 0.653. The Morgan fingerprint density at radius 2 is 1.48 bits per heavy atom. The van der Waals surface area contributed by atoms with E-state index in [2.05, 4.69) is 11.9 Å². The summed E-state index contributed by atoms with van der Waals surface area (Å²) in [4.78, 5) is 28.1. The number of anilines is 2. The largest absolute Gasteiger partial charge is 0.457 e. The van der Waals surface area contributed by atoms with Crippen LogP contribution < -0.4 is 19.9 Å². The summed E-state index contributed by atoms with van der Waals surface area (Å²) in [6, 6.07) is 22.6. The molecule has 0 aliphatic carbocycles.